The second kappa shape index (κ2) is 14.0. The summed E-state index contributed by atoms with van der Waals surface area (Å²) in [7, 11) is -8.78. The van der Waals surface area contributed by atoms with Gasteiger partial charge in [0.2, 0.25) is 0 Å². The van der Waals surface area contributed by atoms with Crippen LogP contribution in [0.5, 0.6) is 0 Å². The summed E-state index contributed by atoms with van der Waals surface area (Å²) in [6.07, 6.45) is 0. The van der Waals surface area contributed by atoms with E-state index in [1.54, 1.807) is 0 Å². The summed E-state index contributed by atoms with van der Waals surface area (Å²) in [5.74, 6) is 0. The van der Waals surface area contributed by atoms with Gasteiger partial charge in [0, 0.05) is 17.3 Å². The van der Waals surface area contributed by atoms with Crippen LogP contribution in [0.15, 0.2) is 39.0 Å². The molecule has 2 N–H and O–H groups in total. The standard InChI is InChI=1S/C12H12N2O9S4.3Na/c1-13-12(24)14-9-4-7(25-23-22-15)2-6-3-8(26(16,17)18)5-10(11(6)9)27(19,20)21;;;/h2-5,15H,1H3,(H2,13,14,24)(H,16,17,18)(H,19,20,21);;;/q;3*+1/p-3. The molecule has 0 aliphatic rings. The Morgan fingerprint density at radius 3 is 2.10 bits per heavy atom. The van der Waals surface area contributed by atoms with Gasteiger partial charge in [0.1, 0.15) is 20.2 Å². The molecule has 30 heavy (non-hydrogen) atoms. The fraction of sp³-hybridized carbons (Fsp3) is 0.0833. The van der Waals surface area contributed by atoms with Crippen LogP contribution in [-0.2, 0) is 29.6 Å². The second-order valence-corrected chi connectivity index (χ2v) is 8.73. The van der Waals surface area contributed by atoms with Crippen LogP contribution >= 0.6 is 24.3 Å². The summed E-state index contributed by atoms with van der Waals surface area (Å²) in [5, 5.41) is 18.1. The van der Waals surface area contributed by atoms with Crippen molar-refractivity contribution in [2.75, 3.05) is 12.4 Å². The van der Waals surface area contributed by atoms with E-state index in [9.17, 15) is 31.2 Å². The predicted octanol–water partition coefficient (Wildman–Crippen LogP) is -9.19. The number of anilines is 1. The van der Waals surface area contributed by atoms with Crippen LogP contribution in [0.4, 0.5) is 5.69 Å². The summed E-state index contributed by atoms with van der Waals surface area (Å²) in [6.45, 7) is 0. The molecule has 0 heterocycles. The van der Waals surface area contributed by atoms with Crippen molar-refractivity contribution in [3.8, 4) is 0 Å². The third-order valence-corrected chi connectivity index (χ3v) is 5.68. The molecule has 0 amide bonds. The molecular weight excluding hydrogens is 513 g/mol. The summed E-state index contributed by atoms with van der Waals surface area (Å²) in [6, 6.07) is 3.82. The molecule has 0 bridgehead atoms. The Morgan fingerprint density at radius 2 is 1.63 bits per heavy atom. The van der Waals surface area contributed by atoms with Gasteiger partial charge in [-0.25, -0.2) is 16.8 Å². The Bertz CT molecular complexity index is 1110. The van der Waals surface area contributed by atoms with Crippen LogP contribution in [0.1, 0.15) is 0 Å². The first-order valence-corrected chi connectivity index (χ1v) is 10.6. The zero-order valence-electron chi connectivity index (χ0n) is 16.1. The van der Waals surface area contributed by atoms with Crippen LogP contribution in [0, 0.1) is 0 Å². The van der Waals surface area contributed by atoms with E-state index in [0.29, 0.717) is 18.1 Å². The minimum absolute atomic E-state index is 0. The minimum atomic E-state index is -5.18. The third-order valence-electron chi connectivity index (χ3n) is 3.15. The first-order valence-electron chi connectivity index (χ1n) is 6.63. The SMILES string of the molecule is CNC(=S)Nc1cc(SOO[O-])cc2cc(S(=O)(=O)[O-])cc(S(=O)(=O)[O-])c12.[Na+].[Na+].[Na+]. The van der Waals surface area contributed by atoms with E-state index < -0.39 is 30.0 Å². The van der Waals surface area contributed by atoms with E-state index in [0.717, 1.165) is 6.07 Å². The Morgan fingerprint density at radius 1 is 1.03 bits per heavy atom. The van der Waals surface area contributed by atoms with Crippen molar-refractivity contribution in [2.24, 2.45) is 0 Å². The molecule has 2 aromatic rings. The average molecular weight is 522 g/mol. The summed E-state index contributed by atoms with van der Waals surface area (Å²) < 4.78 is 73.2. The number of rotatable bonds is 6. The maximum Gasteiger partial charge on any atom is 1.00 e. The van der Waals surface area contributed by atoms with E-state index in [1.807, 2.05) is 0 Å². The minimum Gasteiger partial charge on any atom is -0.744 e. The molecule has 148 valence electrons. The molecule has 0 aliphatic carbocycles. The summed E-state index contributed by atoms with van der Waals surface area (Å²) in [4.78, 5) is -1.71. The molecular formula is C12H9N2Na3O9S4. The zero-order chi connectivity index (χ0) is 20.4. The summed E-state index contributed by atoms with van der Waals surface area (Å²) >= 11 is 5.36. The van der Waals surface area contributed by atoms with Crippen molar-refractivity contribution >= 4 is 66.1 Å². The van der Waals surface area contributed by atoms with Crippen LogP contribution in [0.3, 0.4) is 0 Å². The smallest absolute Gasteiger partial charge is 0.744 e. The van der Waals surface area contributed by atoms with Crippen LogP contribution in [0.25, 0.3) is 10.8 Å². The Hall–Kier alpha value is 1.44. The Labute approximate surface area is 248 Å². The fourth-order valence-electron chi connectivity index (χ4n) is 2.15. The van der Waals surface area contributed by atoms with Crippen molar-refractivity contribution in [3.63, 3.8) is 0 Å². The molecule has 0 aromatic heterocycles. The molecule has 0 aliphatic heterocycles. The van der Waals surface area contributed by atoms with Gasteiger partial charge in [0.15, 0.2) is 5.11 Å². The van der Waals surface area contributed by atoms with Gasteiger partial charge in [-0.2, -0.15) is 4.33 Å². The quantitative estimate of drug-likeness (QED) is 0.0913. The van der Waals surface area contributed by atoms with Gasteiger partial charge in [0.25, 0.3) is 0 Å². The fourth-order valence-corrected chi connectivity index (χ4v) is 4.06. The van der Waals surface area contributed by atoms with E-state index in [-0.39, 0.29) is 115 Å². The monoisotopic (exact) mass is 522 g/mol. The molecule has 0 unspecified atom stereocenters. The van der Waals surface area contributed by atoms with E-state index in [4.69, 9.17) is 12.2 Å². The second-order valence-electron chi connectivity index (χ2n) is 4.82. The maximum atomic E-state index is 11.7. The first-order chi connectivity index (χ1) is 12.5. The third kappa shape index (κ3) is 9.00. The number of hydrogen-bond donors (Lipinski definition) is 2. The van der Waals surface area contributed by atoms with Gasteiger partial charge in [0.05, 0.1) is 27.5 Å². The van der Waals surface area contributed by atoms with Gasteiger partial charge in [-0.15, -0.1) is 0 Å². The maximum absolute atomic E-state index is 11.7. The molecule has 2 aromatic carbocycles. The molecule has 18 heteroatoms. The summed E-state index contributed by atoms with van der Waals surface area (Å²) in [5.41, 5.74) is -0.0203. The van der Waals surface area contributed by atoms with E-state index in [1.165, 1.54) is 19.2 Å². The van der Waals surface area contributed by atoms with E-state index in [2.05, 4.69) is 20.0 Å². The van der Waals surface area contributed by atoms with Crippen LogP contribution < -0.4 is 105 Å². The molecule has 0 saturated carbocycles. The van der Waals surface area contributed by atoms with Crippen LogP contribution in [-0.4, -0.2) is 38.1 Å². The topological polar surface area (TPSA) is 180 Å². The van der Waals surface area contributed by atoms with Gasteiger partial charge < -0.3 is 25.0 Å². The molecule has 11 nitrogen and oxygen atoms in total. The van der Waals surface area contributed by atoms with E-state index >= 15 is 0 Å². The van der Waals surface area contributed by atoms with Gasteiger partial charge >= 0.3 is 88.7 Å². The first kappa shape index (κ1) is 33.6. The molecule has 0 radical (unpaired) electrons. The molecule has 0 fully saturated rings. The van der Waals surface area contributed by atoms with Crippen molar-refractivity contribution in [2.45, 2.75) is 14.7 Å². The molecule has 2 rings (SSSR count). The van der Waals surface area contributed by atoms with Gasteiger partial charge in [-0.1, -0.05) is 0 Å². The van der Waals surface area contributed by atoms with Gasteiger partial charge in [-0.3, -0.25) is 5.04 Å². The number of fused-ring (bicyclic) bond motifs is 1. The number of nitrogens with one attached hydrogen (secondary N) is 2. The van der Waals surface area contributed by atoms with Crippen molar-refractivity contribution in [1.82, 2.24) is 5.32 Å². The number of thiocarbonyl (C=S) groups is 1. The molecule has 0 spiro atoms. The average Bonchev–Trinajstić information content (AvgIpc) is 2.57. The normalized spacial score (nSPS) is 10.9. The van der Waals surface area contributed by atoms with Gasteiger partial charge in [-0.05, 0) is 41.9 Å². The van der Waals surface area contributed by atoms with Crippen molar-refractivity contribution in [3.05, 3.63) is 24.3 Å². The Balaban J connectivity index is 0. The molecule has 0 atom stereocenters. The van der Waals surface area contributed by atoms with Crippen LogP contribution in [0.2, 0.25) is 0 Å². The number of hydrogen-bond acceptors (Lipinski definition) is 11. The zero-order valence-corrected chi connectivity index (χ0v) is 25.4. The molecule has 0 saturated heterocycles. The van der Waals surface area contributed by atoms with Crippen molar-refractivity contribution in [1.29, 1.82) is 0 Å². The number of benzene rings is 2. The largest absolute Gasteiger partial charge is 1.00 e. The Kier molecular flexibility index (Phi) is 15.7. The van der Waals surface area contributed by atoms with Crippen molar-refractivity contribution < 1.29 is 129 Å². The predicted molar refractivity (Wildman–Crippen MR) is 93.2 cm³/mol.